The minimum absolute atomic E-state index is 0.136. The number of hydrogen-bond acceptors (Lipinski definition) is 10. The molecule has 31 heavy (non-hydrogen) atoms. The Morgan fingerprint density at radius 3 is 2.74 bits per heavy atom. The summed E-state index contributed by atoms with van der Waals surface area (Å²) in [5.74, 6) is 0.301. The lowest BCUT2D eigenvalue weighted by atomic mass is 10.1. The van der Waals surface area contributed by atoms with Gasteiger partial charge in [0.1, 0.15) is 23.8 Å². The number of hydrogen-bond donors (Lipinski definition) is 5. The van der Waals surface area contributed by atoms with Gasteiger partial charge >= 0.3 is 0 Å². The topological polar surface area (TPSA) is 164 Å². The molecule has 1 aromatic carbocycles. The molecule has 6 N–H and O–H groups in total. The first-order valence-corrected chi connectivity index (χ1v) is 10.0. The van der Waals surface area contributed by atoms with E-state index in [0.717, 1.165) is 19.3 Å². The number of nitrogens with two attached hydrogens (primary N) is 1. The Bertz CT molecular complexity index is 1040. The Hall–Kier alpha value is -3.12. The van der Waals surface area contributed by atoms with Crippen LogP contribution in [-0.4, -0.2) is 66.0 Å². The zero-order chi connectivity index (χ0) is 21.8. The molecule has 1 aliphatic rings. The summed E-state index contributed by atoms with van der Waals surface area (Å²) in [6.07, 6.45) is 1.47. The summed E-state index contributed by atoms with van der Waals surface area (Å²) in [4.78, 5) is 12.7. The van der Waals surface area contributed by atoms with Gasteiger partial charge in [-0.2, -0.15) is 15.1 Å². The summed E-state index contributed by atoms with van der Waals surface area (Å²) in [5.41, 5.74) is 10.7. The van der Waals surface area contributed by atoms with Gasteiger partial charge < -0.3 is 25.8 Å². The number of aliphatic hydroxyl groups is 3. The molecule has 4 unspecified atom stereocenters. The Kier molecular flexibility index (Phi) is 6.37. The van der Waals surface area contributed by atoms with Crippen molar-refractivity contribution < 1.29 is 20.1 Å². The number of unbranched alkanes of at least 4 members (excludes halogenated alkanes) is 1. The van der Waals surface area contributed by atoms with Crippen molar-refractivity contribution in [3.63, 3.8) is 0 Å². The number of aromatic nitrogens is 4. The van der Waals surface area contributed by atoms with Crippen molar-refractivity contribution in [1.29, 1.82) is 0 Å². The van der Waals surface area contributed by atoms with Crippen LogP contribution in [0.2, 0.25) is 0 Å². The molecule has 11 heteroatoms. The lowest BCUT2D eigenvalue weighted by Crippen LogP contribution is -2.33. The van der Waals surface area contributed by atoms with Crippen molar-refractivity contribution in [1.82, 2.24) is 19.5 Å². The van der Waals surface area contributed by atoms with Crippen LogP contribution in [0.15, 0.2) is 41.8 Å². The normalized spacial score (nSPS) is 23.7. The van der Waals surface area contributed by atoms with Gasteiger partial charge in [0.15, 0.2) is 17.7 Å². The molecule has 164 valence electrons. The monoisotopic (exact) mass is 427 g/mol. The average Bonchev–Trinajstić information content (AvgIpc) is 3.32. The van der Waals surface area contributed by atoms with Gasteiger partial charge in [-0.15, -0.1) is 0 Å². The van der Waals surface area contributed by atoms with E-state index in [0.29, 0.717) is 11.2 Å². The maximum Gasteiger partial charge on any atom is 0.247 e. The number of nitrogens with one attached hydrogen (secondary N) is 1. The maximum absolute atomic E-state index is 10.3. The van der Waals surface area contributed by atoms with E-state index in [4.69, 9.17) is 10.5 Å². The number of hydrazone groups is 1. The number of fused-ring (bicyclic) bond motifs is 1. The summed E-state index contributed by atoms with van der Waals surface area (Å²) in [6, 6.07) is 10.2. The number of imidazole rings is 1. The van der Waals surface area contributed by atoms with Gasteiger partial charge in [0.05, 0.1) is 12.9 Å². The number of ether oxygens (including phenoxy) is 1. The second-order valence-electron chi connectivity index (χ2n) is 7.29. The maximum atomic E-state index is 10.3. The van der Waals surface area contributed by atoms with E-state index >= 15 is 0 Å². The lowest BCUT2D eigenvalue weighted by Gasteiger charge is -2.16. The molecule has 0 amide bonds. The molecule has 0 radical (unpaired) electrons. The third-order valence-corrected chi connectivity index (χ3v) is 5.14. The van der Waals surface area contributed by atoms with Crippen molar-refractivity contribution >= 4 is 29.1 Å². The fourth-order valence-corrected chi connectivity index (χ4v) is 3.49. The van der Waals surface area contributed by atoms with Crippen molar-refractivity contribution in [2.45, 2.75) is 43.8 Å². The zero-order valence-electron chi connectivity index (χ0n) is 16.7. The number of anilines is 2. The molecule has 3 heterocycles. The van der Waals surface area contributed by atoms with E-state index in [1.54, 1.807) is 6.21 Å². The number of nitrogen functional groups attached to an aromatic ring is 1. The van der Waals surface area contributed by atoms with E-state index in [1.807, 2.05) is 18.2 Å². The van der Waals surface area contributed by atoms with Crippen LogP contribution in [0, 0.1) is 0 Å². The molecule has 4 rings (SSSR count). The van der Waals surface area contributed by atoms with Gasteiger partial charge in [-0.3, -0.25) is 4.57 Å². The van der Waals surface area contributed by atoms with Crippen molar-refractivity contribution in [3.8, 4) is 0 Å². The van der Waals surface area contributed by atoms with Crippen LogP contribution in [0.1, 0.15) is 24.6 Å². The Balaban J connectivity index is 1.43. The summed E-state index contributed by atoms with van der Waals surface area (Å²) in [5, 5.41) is 33.7. The van der Waals surface area contributed by atoms with E-state index in [-0.39, 0.29) is 11.8 Å². The molecule has 3 aromatic rings. The van der Waals surface area contributed by atoms with Crippen molar-refractivity contribution in [3.05, 3.63) is 42.2 Å². The molecule has 0 spiro atoms. The number of aryl methyl sites for hydroxylation is 1. The second-order valence-corrected chi connectivity index (χ2v) is 7.29. The Labute approximate surface area is 178 Å². The first kappa shape index (κ1) is 21.1. The Morgan fingerprint density at radius 1 is 1.19 bits per heavy atom. The third-order valence-electron chi connectivity index (χ3n) is 5.14. The van der Waals surface area contributed by atoms with Gasteiger partial charge in [0.25, 0.3) is 0 Å². The van der Waals surface area contributed by atoms with Gasteiger partial charge in [0.2, 0.25) is 5.95 Å². The molecule has 0 saturated carbocycles. The largest absolute Gasteiger partial charge is 0.394 e. The fraction of sp³-hybridized carbons (Fsp3) is 0.400. The summed E-state index contributed by atoms with van der Waals surface area (Å²) >= 11 is 0. The van der Waals surface area contributed by atoms with Crippen LogP contribution in [0.5, 0.6) is 0 Å². The molecule has 11 nitrogen and oxygen atoms in total. The highest BCUT2D eigenvalue weighted by Gasteiger charge is 2.44. The average molecular weight is 427 g/mol. The molecule has 1 fully saturated rings. The quantitative estimate of drug-likeness (QED) is 0.195. The summed E-state index contributed by atoms with van der Waals surface area (Å²) in [6.45, 7) is -0.426. The molecule has 1 saturated heterocycles. The Morgan fingerprint density at radius 2 is 2.00 bits per heavy atom. The molecular weight excluding hydrogens is 402 g/mol. The number of nitrogens with zero attached hydrogens (tertiary/aromatic N) is 5. The standard InChI is InChI=1S/C20H25N7O4/c21-17-14-18(27(11-22-14)19-16(30)15(29)13(10-28)31-19)25-20(24-17)26-23-9-5-4-8-12-6-2-1-3-7-12/h1-3,6-7,9,11,13,15-16,19,28-30H,4-5,8,10H2,(H3,21,24,25,26)/b23-9+. The first-order valence-electron chi connectivity index (χ1n) is 10.0. The van der Waals surface area contributed by atoms with Crippen LogP contribution >= 0.6 is 0 Å². The van der Waals surface area contributed by atoms with E-state index in [1.165, 1.54) is 16.5 Å². The SMILES string of the molecule is Nc1nc(N/N=C/CCCc2ccccc2)nc2c1ncn2C1OC(CO)C(O)C1O. The predicted molar refractivity (Wildman–Crippen MR) is 114 cm³/mol. The van der Waals surface area contributed by atoms with Crippen LogP contribution < -0.4 is 11.2 Å². The molecule has 0 bridgehead atoms. The molecule has 4 atom stereocenters. The summed E-state index contributed by atoms with van der Waals surface area (Å²) < 4.78 is 7.00. The fourth-order valence-electron chi connectivity index (χ4n) is 3.49. The number of benzene rings is 1. The summed E-state index contributed by atoms with van der Waals surface area (Å²) in [7, 11) is 0. The smallest absolute Gasteiger partial charge is 0.247 e. The van der Waals surface area contributed by atoms with Crippen LogP contribution in [0.4, 0.5) is 11.8 Å². The van der Waals surface area contributed by atoms with E-state index < -0.39 is 31.1 Å². The van der Waals surface area contributed by atoms with E-state index in [9.17, 15) is 15.3 Å². The van der Waals surface area contributed by atoms with Crippen molar-refractivity contribution in [2.24, 2.45) is 5.10 Å². The number of rotatable bonds is 8. The van der Waals surface area contributed by atoms with Gasteiger partial charge in [-0.1, -0.05) is 30.3 Å². The van der Waals surface area contributed by atoms with E-state index in [2.05, 4.69) is 37.6 Å². The highest BCUT2D eigenvalue weighted by Crippen LogP contribution is 2.32. The molecule has 1 aliphatic heterocycles. The van der Waals surface area contributed by atoms with Gasteiger partial charge in [-0.05, 0) is 24.8 Å². The van der Waals surface area contributed by atoms with Crippen LogP contribution in [0.3, 0.4) is 0 Å². The lowest BCUT2D eigenvalue weighted by molar-refractivity contribution is -0.0511. The van der Waals surface area contributed by atoms with Gasteiger partial charge in [-0.25, -0.2) is 10.4 Å². The van der Waals surface area contributed by atoms with Gasteiger partial charge in [0, 0.05) is 6.21 Å². The molecular formula is C20H25N7O4. The second kappa shape index (κ2) is 9.35. The molecule has 0 aliphatic carbocycles. The van der Waals surface area contributed by atoms with Crippen LogP contribution in [-0.2, 0) is 11.2 Å². The van der Waals surface area contributed by atoms with Crippen molar-refractivity contribution in [2.75, 3.05) is 17.8 Å². The zero-order valence-corrected chi connectivity index (χ0v) is 16.7. The minimum atomic E-state index is -1.26. The first-order chi connectivity index (χ1) is 15.1. The highest BCUT2D eigenvalue weighted by molar-refractivity contribution is 5.83. The number of aliphatic hydroxyl groups excluding tert-OH is 3. The van der Waals surface area contributed by atoms with Crippen LogP contribution in [0.25, 0.3) is 11.2 Å². The highest BCUT2D eigenvalue weighted by atomic mass is 16.6. The minimum Gasteiger partial charge on any atom is -0.394 e. The molecule has 2 aromatic heterocycles. The predicted octanol–water partition coefficient (Wildman–Crippen LogP) is 0.441. The third kappa shape index (κ3) is 4.49.